The summed E-state index contributed by atoms with van der Waals surface area (Å²) in [5.74, 6) is 1.90. The van der Waals surface area contributed by atoms with Crippen LogP contribution in [0, 0.1) is 11.3 Å². The normalized spacial score (nSPS) is 16.2. The highest BCUT2D eigenvalue weighted by molar-refractivity contribution is 8.18. The molecular weight excluding hydrogens is 410 g/mol. The summed E-state index contributed by atoms with van der Waals surface area (Å²) in [6.45, 7) is 2.54. The number of carbonyl (C=O) groups excluding carboxylic acids is 1. The number of carbonyl (C=O) groups is 1. The lowest BCUT2D eigenvalue weighted by Crippen LogP contribution is -2.23. The molecule has 4 rings (SSSR count). The van der Waals surface area contributed by atoms with Gasteiger partial charge in [0.15, 0.2) is 5.17 Å². The zero-order chi connectivity index (χ0) is 21.8. The van der Waals surface area contributed by atoms with Gasteiger partial charge in [-0.3, -0.25) is 9.69 Å². The summed E-state index contributed by atoms with van der Waals surface area (Å²) < 4.78 is 11.3. The minimum absolute atomic E-state index is 0.133. The molecule has 0 saturated carbocycles. The molecule has 0 spiro atoms. The van der Waals surface area contributed by atoms with Crippen LogP contribution in [0.1, 0.15) is 18.2 Å². The molecular formula is C24H19N3O3S. The first-order valence-electron chi connectivity index (χ1n) is 9.67. The molecule has 1 amide bonds. The molecule has 1 aliphatic heterocycles. The summed E-state index contributed by atoms with van der Waals surface area (Å²) in [6.07, 6.45) is 1.72. The summed E-state index contributed by atoms with van der Waals surface area (Å²) >= 11 is 1.30. The standard InChI is InChI=1S/C24H19N3O3S/c1-3-29-19-10-8-18(9-11-19)26-24-27(2)23(28)22(31-24)14-20-12-13-21(30-20)17-6-4-16(15-25)5-7-17/h4-14H,3H2,1-2H3/b22-14-,26-24?. The molecule has 1 aliphatic rings. The Balaban J connectivity index is 1.53. The minimum Gasteiger partial charge on any atom is -0.494 e. The molecule has 0 bridgehead atoms. The molecule has 2 aromatic carbocycles. The van der Waals surface area contributed by atoms with Crippen molar-refractivity contribution in [3.8, 4) is 23.1 Å². The Kier molecular flexibility index (Phi) is 5.92. The van der Waals surface area contributed by atoms with Gasteiger partial charge in [-0.1, -0.05) is 0 Å². The first-order chi connectivity index (χ1) is 15.1. The van der Waals surface area contributed by atoms with Gasteiger partial charge in [-0.15, -0.1) is 0 Å². The smallest absolute Gasteiger partial charge is 0.266 e. The quantitative estimate of drug-likeness (QED) is 0.504. The molecule has 0 radical (unpaired) electrons. The molecule has 154 valence electrons. The molecule has 1 saturated heterocycles. The highest BCUT2D eigenvalue weighted by Crippen LogP contribution is 2.34. The van der Waals surface area contributed by atoms with E-state index < -0.39 is 0 Å². The lowest BCUT2D eigenvalue weighted by atomic mass is 10.1. The average molecular weight is 430 g/mol. The number of furan rings is 1. The second kappa shape index (κ2) is 8.94. The van der Waals surface area contributed by atoms with E-state index >= 15 is 0 Å². The van der Waals surface area contributed by atoms with Crippen LogP contribution in [-0.4, -0.2) is 29.6 Å². The first kappa shape index (κ1) is 20.5. The fraction of sp³-hybridized carbons (Fsp3) is 0.125. The number of thioether (sulfide) groups is 1. The number of amides is 1. The van der Waals surface area contributed by atoms with E-state index in [4.69, 9.17) is 14.4 Å². The SMILES string of the molecule is CCOc1ccc(N=C2S/C(=C\c3ccc(-c4ccc(C#N)cc4)o3)C(=O)N2C)cc1. The molecule has 0 aliphatic carbocycles. The van der Waals surface area contributed by atoms with E-state index in [2.05, 4.69) is 11.1 Å². The maximum atomic E-state index is 12.7. The highest BCUT2D eigenvalue weighted by Gasteiger charge is 2.30. The summed E-state index contributed by atoms with van der Waals surface area (Å²) in [5, 5.41) is 9.52. The zero-order valence-corrected chi connectivity index (χ0v) is 17.8. The van der Waals surface area contributed by atoms with E-state index in [0.29, 0.717) is 33.8 Å². The number of amidine groups is 1. The van der Waals surface area contributed by atoms with E-state index in [9.17, 15) is 4.79 Å². The molecule has 6 nitrogen and oxygen atoms in total. The Morgan fingerprint density at radius 2 is 1.87 bits per heavy atom. The number of nitriles is 1. The van der Waals surface area contributed by atoms with Crippen LogP contribution >= 0.6 is 11.8 Å². The van der Waals surface area contributed by atoms with Gasteiger partial charge in [0, 0.05) is 18.7 Å². The maximum absolute atomic E-state index is 12.7. The van der Waals surface area contributed by atoms with Gasteiger partial charge in [-0.25, -0.2) is 4.99 Å². The Labute approximate surface area is 184 Å². The predicted molar refractivity (Wildman–Crippen MR) is 122 cm³/mol. The van der Waals surface area contributed by atoms with Crippen LogP contribution in [-0.2, 0) is 4.79 Å². The summed E-state index contributed by atoms with van der Waals surface area (Å²) in [4.78, 5) is 19.3. The third-order valence-corrected chi connectivity index (χ3v) is 5.63. The van der Waals surface area contributed by atoms with Gasteiger partial charge in [0.25, 0.3) is 5.91 Å². The largest absolute Gasteiger partial charge is 0.494 e. The maximum Gasteiger partial charge on any atom is 0.266 e. The average Bonchev–Trinajstić information content (AvgIpc) is 3.36. The second-order valence-electron chi connectivity index (χ2n) is 6.69. The molecule has 1 fully saturated rings. The Hall–Kier alpha value is -3.76. The van der Waals surface area contributed by atoms with Gasteiger partial charge in [-0.2, -0.15) is 5.26 Å². The number of ether oxygens (including phenoxy) is 1. The van der Waals surface area contributed by atoms with E-state index in [1.165, 1.54) is 16.7 Å². The summed E-state index contributed by atoms with van der Waals surface area (Å²) in [5.41, 5.74) is 2.20. The van der Waals surface area contributed by atoms with Crippen LogP contribution in [0.3, 0.4) is 0 Å². The van der Waals surface area contributed by atoms with Gasteiger partial charge in [0.1, 0.15) is 17.3 Å². The summed E-state index contributed by atoms with van der Waals surface area (Å²) in [6, 6.07) is 20.3. The zero-order valence-electron chi connectivity index (χ0n) is 17.0. The van der Waals surface area contributed by atoms with Crippen LogP contribution in [0.25, 0.3) is 17.4 Å². The monoisotopic (exact) mass is 429 g/mol. The molecule has 7 heteroatoms. The lowest BCUT2D eigenvalue weighted by molar-refractivity contribution is -0.121. The third kappa shape index (κ3) is 4.55. The van der Waals surface area contributed by atoms with Crippen LogP contribution in [0.4, 0.5) is 5.69 Å². The molecule has 0 unspecified atom stereocenters. The molecule has 0 N–H and O–H groups in total. The van der Waals surface area contributed by atoms with E-state index in [-0.39, 0.29) is 5.91 Å². The van der Waals surface area contributed by atoms with Crippen LogP contribution in [0.5, 0.6) is 5.75 Å². The molecule has 0 atom stereocenters. The van der Waals surface area contributed by atoms with E-state index in [1.54, 1.807) is 25.3 Å². The number of hydrogen-bond donors (Lipinski definition) is 0. The number of hydrogen-bond acceptors (Lipinski definition) is 6. The van der Waals surface area contributed by atoms with Gasteiger partial charge >= 0.3 is 0 Å². The van der Waals surface area contributed by atoms with Crippen molar-refractivity contribution in [2.24, 2.45) is 4.99 Å². The fourth-order valence-corrected chi connectivity index (χ4v) is 3.94. The van der Waals surface area contributed by atoms with Crippen LogP contribution < -0.4 is 4.74 Å². The van der Waals surface area contributed by atoms with Crippen molar-refractivity contribution in [2.75, 3.05) is 13.7 Å². The van der Waals surface area contributed by atoms with Crippen molar-refractivity contribution in [2.45, 2.75) is 6.92 Å². The highest BCUT2D eigenvalue weighted by atomic mass is 32.2. The van der Waals surface area contributed by atoms with Gasteiger partial charge in [-0.05, 0) is 79.3 Å². The van der Waals surface area contributed by atoms with Crippen molar-refractivity contribution >= 4 is 34.6 Å². The topological polar surface area (TPSA) is 78.8 Å². The third-order valence-electron chi connectivity index (χ3n) is 4.57. The Bertz CT molecular complexity index is 1200. The van der Waals surface area contributed by atoms with E-state index in [1.807, 2.05) is 55.5 Å². The fourth-order valence-electron chi connectivity index (χ4n) is 2.97. The van der Waals surface area contributed by atoms with Crippen molar-refractivity contribution in [3.05, 3.63) is 76.9 Å². The van der Waals surface area contributed by atoms with Gasteiger partial charge in [0.05, 0.1) is 28.8 Å². The Morgan fingerprint density at radius 3 is 2.55 bits per heavy atom. The number of rotatable bonds is 5. The number of nitrogens with zero attached hydrogens (tertiary/aromatic N) is 3. The minimum atomic E-state index is -0.133. The Morgan fingerprint density at radius 1 is 1.13 bits per heavy atom. The van der Waals surface area contributed by atoms with Gasteiger partial charge < -0.3 is 9.15 Å². The number of aliphatic imine (C=N–C) groups is 1. The molecule has 1 aromatic heterocycles. The molecule has 31 heavy (non-hydrogen) atoms. The molecule has 3 aromatic rings. The second-order valence-corrected chi connectivity index (χ2v) is 7.70. The van der Waals surface area contributed by atoms with Crippen LogP contribution in [0.2, 0.25) is 0 Å². The number of likely N-dealkylation sites (N-methyl/N-ethyl adjacent to an activating group) is 1. The van der Waals surface area contributed by atoms with Crippen molar-refractivity contribution in [3.63, 3.8) is 0 Å². The van der Waals surface area contributed by atoms with Crippen molar-refractivity contribution < 1.29 is 13.9 Å². The van der Waals surface area contributed by atoms with Gasteiger partial charge in [0.2, 0.25) is 0 Å². The van der Waals surface area contributed by atoms with Crippen molar-refractivity contribution in [1.29, 1.82) is 5.26 Å². The van der Waals surface area contributed by atoms with E-state index in [0.717, 1.165) is 17.0 Å². The van der Waals surface area contributed by atoms with Crippen molar-refractivity contribution in [1.82, 2.24) is 4.90 Å². The first-order valence-corrected chi connectivity index (χ1v) is 10.5. The predicted octanol–water partition coefficient (Wildman–Crippen LogP) is 5.45. The van der Waals surface area contributed by atoms with Crippen LogP contribution in [0.15, 0.2) is 75.0 Å². The molecule has 2 heterocycles. The lowest BCUT2D eigenvalue weighted by Gasteiger charge is -2.07. The summed E-state index contributed by atoms with van der Waals surface area (Å²) in [7, 11) is 1.70. The number of benzene rings is 2.